The molecule has 0 bridgehead atoms. The van der Waals surface area contributed by atoms with Crippen LogP contribution in [0.1, 0.15) is 290 Å². The zero-order valence-electron chi connectivity index (χ0n) is 39.8. The maximum Gasteiger partial charge on any atom is 0.306 e. The van der Waals surface area contributed by atoms with Crippen LogP contribution in [0.4, 0.5) is 0 Å². The summed E-state index contributed by atoms with van der Waals surface area (Å²) >= 11 is 0. The molecule has 0 saturated carbocycles. The van der Waals surface area contributed by atoms with Crippen LogP contribution in [0.25, 0.3) is 0 Å². The molecule has 0 fully saturated rings. The van der Waals surface area contributed by atoms with Gasteiger partial charge in [0.05, 0.1) is 6.61 Å². The predicted octanol–water partition coefficient (Wildman–Crippen LogP) is 17.4. The van der Waals surface area contributed by atoms with Crippen molar-refractivity contribution in [3.05, 3.63) is 24.3 Å². The normalized spacial score (nSPS) is 12.3. The number of carbonyl (C=O) groups excluding carboxylic acids is 2. The third-order valence-corrected chi connectivity index (χ3v) is 12.0. The highest BCUT2D eigenvalue weighted by atomic mass is 16.6. The van der Waals surface area contributed by atoms with Crippen molar-refractivity contribution in [3.63, 3.8) is 0 Å². The molecule has 59 heavy (non-hydrogen) atoms. The van der Waals surface area contributed by atoms with Gasteiger partial charge in [-0.2, -0.15) is 0 Å². The van der Waals surface area contributed by atoms with Crippen molar-refractivity contribution in [1.82, 2.24) is 0 Å². The maximum absolute atomic E-state index is 12.3. The van der Waals surface area contributed by atoms with E-state index in [0.717, 1.165) is 38.5 Å². The van der Waals surface area contributed by atoms with Gasteiger partial charge in [-0.05, 0) is 44.9 Å². The van der Waals surface area contributed by atoms with E-state index in [0.29, 0.717) is 12.8 Å². The number of hydrogen-bond acceptors (Lipinski definition) is 5. The summed E-state index contributed by atoms with van der Waals surface area (Å²) in [6.45, 7) is 4.17. The molecule has 0 rings (SSSR count). The number of hydrogen-bond donors (Lipinski definition) is 1. The van der Waals surface area contributed by atoms with Crippen LogP contribution in [0, 0.1) is 0 Å². The average Bonchev–Trinajstić information content (AvgIpc) is 3.24. The van der Waals surface area contributed by atoms with Crippen LogP contribution < -0.4 is 0 Å². The summed E-state index contributed by atoms with van der Waals surface area (Å²) in [5.74, 6) is -0.579. The molecular weight excluding hydrogens is 729 g/mol. The van der Waals surface area contributed by atoms with Crippen molar-refractivity contribution < 1.29 is 24.2 Å². The summed E-state index contributed by atoms with van der Waals surface area (Å²) < 4.78 is 10.7. The van der Waals surface area contributed by atoms with Gasteiger partial charge in [0.15, 0.2) is 6.10 Å². The molecule has 348 valence electrons. The molecule has 1 atom stereocenters. The second-order valence-electron chi connectivity index (χ2n) is 18.0. The highest BCUT2D eigenvalue weighted by Crippen LogP contribution is 2.17. The number of carbonyl (C=O) groups is 2. The first-order valence-corrected chi connectivity index (χ1v) is 26.4. The van der Waals surface area contributed by atoms with E-state index in [2.05, 4.69) is 38.2 Å². The fraction of sp³-hybridized carbons (Fsp3) is 0.889. The van der Waals surface area contributed by atoms with Gasteiger partial charge in [-0.1, -0.05) is 256 Å². The van der Waals surface area contributed by atoms with Crippen LogP contribution in [0.15, 0.2) is 24.3 Å². The van der Waals surface area contributed by atoms with E-state index in [-0.39, 0.29) is 25.2 Å². The van der Waals surface area contributed by atoms with Gasteiger partial charge in [-0.25, -0.2) is 0 Å². The molecule has 0 amide bonds. The minimum atomic E-state index is -0.770. The van der Waals surface area contributed by atoms with Gasteiger partial charge in [-0.15, -0.1) is 0 Å². The van der Waals surface area contributed by atoms with Crippen LogP contribution in [-0.2, 0) is 19.1 Å². The lowest BCUT2D eigenvalue weighted by Crippen LogP contribution is -2.28. The van der Waals surface area contributed by atoms with E-state index >= 15 is 0 Å². The summed E-state index contributed by atoms with van der Waals surface area (Å²) in [5, 5.41) is 9.63. The maximum atomic E-state index is 12.3. The Bertz CT molecular complexity index is 897. The molecular formula is C54H102O5. The Morgan fingerprint density at radius 3 is 1.00 bits per heavy atom. The Morgan fingerprint density at radius 2 is 0.678 bits per heavy atom. The molecule has 1 N–H and O–H groups in total. The Balaban J connectivity index is 3.45. The second kappa shape index (κ2) is 50.7. The van der Waals surface area contributed by atoms with Gasteiger partial charge in [-0.3, -0.25) is 9.59 Å². The largest absolute Gasteiger partial charge is 0.462 e. The van der Waals surface area contributed by atoms with E-state index in [4.69, 9.17) is 9.47 Å². The highest BCUT2D eigenvalue weighted by molar-refractivity contribution is 5.70. The van der Waals surface area contributed by atoms with Crippen LogP contribution >= 0.6 is 0 Å². The second-order valence-corrected chi connectivity index (χ2v) is 18.0. The van der Waals surface area contributed by atoms with Crippen molar-refractivity contribution in [2.75, 3.05) is 13.2 Å². The van der Waals surface area contributed by atoms with Gasteiger partial charge in [0, 0.05) is 12.8 Å². The van der Waals surface area contributed by atoms with Crippen LogP contribution in [0.5, 0.6) is 0 Å². The zero-order chi connectivity index (χ0) is 42.8. The summed E-state index contributed by atoms with van der Waals surface area (Å²) in [4.78, 5) is 24.5. The fourth-order valence-corrected chi connectivity index (χ4v) is 8.00. The van der Waals surface area contributed by atoms with Crippen LogP contribution in [0.3, 0.4) is 0 Å². The molecule has 5 nitrogen and oxygen atoms in total. The Hall–Kier alpha value is -1.62. The Labute approximate surface area is 368 Å². The van der Waals surface area contributed by atoms with Gasteiger partial charge in [0.25, 0.3) is 0 Å². The molecule has 0 aromatic rings. The van der Waals surface area contributed by atoms with Crippen molar-refractivity contribution >= 4 is 11.9 Å². The van der Waals surface area contributed by atoms with Gasteiger partial charge >= 0.3 is 11.9 Å². The van der Waals surface area contributed by atoms with E-state index in [9.17, 15) is 14.7 Å². The van der Waals surface area contributed by atoms with Crippen molar-refractivity contribution in [3.8, 4) is 0 Å². The summed E-state index contributed by atoms with van der Waals surface area (Å²) in [6, 6.07) is 0. The Morgan fingerprint density at radius 1 is 0.390 bits per heavy atom. The molecule has 1 unspecified atom stereocenters. The number of ether oxygens (including phenoxy) is 2. The van der Waals surface area contributed by atoms with E-state index in [1.807, 2.05) is 0 Å². The lowest BCUT2D eigenvalue weighted by atomic mass is 10.0. The number of aliphatic hydroxyl groups is 1. The monoisotopic (exact) mass is 831 g/mol. The SMILES string of the molecule is CCCCCCC/C=C\C/C=C\CCCCCCCCCCCC(=O)OC(CO)COC(=O)CCCCCCCCCCCCCCCCCCCCCCCCCC. The third-order valence-electron chi connectivity index (χ3n) is 12.0. The molecule has 0 aliphatic rings. The van der Waals surface area contributed by atoms with Crippen molar-refractivity contribution in [2.24, 2.45) is 0 Å². The fourth-order valence-electron chi connectivity index (χ4n) is 8.00. The minimum Gasteiger partial charge on any atom is -0.462 e. The van der Waals surface area contributed by atoms with Gasteiger partial charge < -0.3 is 14.6 Å². The van der Waals surface area contributed by atoms with Gasteiger partial charge in [0.1, 0.15) is 6.61 Å². The topological polar surface area (TPSA) is 72.8 Å². The molecule has 0 aliphatic carbocycles. The lowest BCUT2D eigenvalue weighted by molar-refractivity contribution is -0.161. The smallest absolute Gasteiger partial charge is 0.306 e. The van der Waals surface area contributed by atoms with Crippen molar-refractivity contribution in [2.45, 2.75) is 296 Å². The highest BCUT2D eigenvalue weighted by Gasteiger charge is 2.16. The number of rotatable bonds is 49. The number of allylic oxidation sites excluding steroid dienone is 4. The quantitative estimate of drug-likeness (QED) is 0.0376. The standard InChI is InChI=1S/C54H102O5/c1-3-5-7-9-11-13-15-17-19-21-23-25-26-27-29-30-32-34-36-38-40-42-44-46-48-53(56)58-51-52(50-55)59-54(57)49-47-45-43-41-39-37-35-33-31-28-24-22-20-18-16-14-12-10-8-6-4-2/h16,18,22,24,52,55H,3-15,17,19-21,23,25-51H2,1-2H3/b18-16-,24-22-. The number of unbranched alkanes of at least 4 members (excludes halogenated alkanes) is 37. The molecule has 5 heteroatoms. The first kappa shape index (κ1) is 57.4. The zero-order valence-corrected chi connectivity index (χ0v) is 39.8. The predicted molar refractivity (Wildman–Crippen MR) is 256 cm³/mol. The molecule has 0 saturated heterocycles. The third kappa shape index (κ3) is 48.9. The summed E-state index contributed by atoms with van der Waals surface area (Å²) in [7, 11) is 0. The average molecular weight is 831 g/mol. The van der Waals surface area contributed by atoms with E-state index in [1.165, 1.54) is 225 Å². The first-order valence-electron chi connectivity index (χ1n) is 26.4. The number of aliphatic hydroxyl groups excluding tert-OH is 1. The molecule has 0 radical (unpaired) electrons. The number of esters is 2. The van der Waals surface area contributed by atoms with E-state index in [1.54, 1.807) is 0 Å². The van der Waals surface area contributed by atoms with Crippen LogP contribution in [-0.4, -0.2) is 36.4 Å². The molecule has 0 aromatic carbocycles. The lowest BCUT2D eigenvalue weighted by Gasteiger charge is -2.15. The molecule has 0 spiro atoms. The van der Waals surface area contributed by atoms with Crippen molar-refractivity contribution in [1.29, 1.82) is 0 Å². The minimum absolute atomic E-state index is 0.0621. The summed E-state index contributed by atoms with van der Waals surface area (Å²) in [6.07, 6.45) is 62.8. The Kier molecular flexibility index (Phi) is 49.3. The molecule has 0 aliphatic heterocycles. The van der Waals surface area contributed by atoms with Crippen LogP contribution in [0.2, 0.25) is 0 Å². The molecule has 0 aromatic heterocycles. The molecule has 0 heterocycles. The summed E-state index contributed by atoms with van der Waals surface area (Å²) in [5.41, 5.74) is 0. The first-order chi connectivity index (χ1) is 29.1. The van der Waals surface area contributed by atoms with E-state index < -0.39 is 6.10 Å². The van der Waals surface area contributed by atoms with Gasteiger partial charge in [0.2, 0.25) is 0 Å².